The summed E-state index contributed by atoms with van der Waals surface area (Å²) in [5.41, 5.74) is 0.451. The molecule has 1 saturated carbocycles. The lowest BCUT2D eigenvalue weighted by molar-refractivity contribution is -0.151. The largest absolute Gasteiger partial charge is 0.495 e. The Hall–Kier alpha value is -1.75. The number of nitrogens with one attached hydrogen (secondary N) is 1. The Balaban J connectivity index is 1.86. The number of methoxy groups -OCH3 is 1. The second-order valence-corrected chi connectivity index (χ2v) is 5.42. The van der Waals surface area contributed by atoms with Crippen LogP contribution in [-0.2, 0) is 14.3 Å². The van der Waals surface area contributed by atoms with Crippen molar-refractivity contribution in [2.45, 2.75) is 25.7 Å². The van der Waals surface area contributed by atoms with Crippen molar-refractivity contribution >= 4 is 29.2 Å². The Kier molecular flexibility index (Phi) is 5.44. The number of hydrogen-bond donors (Lipinski definition) is 1. The molecule has 21 heavy (non-hydrogen) atoms. The molecule has 0 bridgehead atoms. The van der Waals surface area contributed by atoms with Crippen molar-refractivity contribution in [2.24, 2.45) is 5.92 Å². The Morgan fingerprint density at radius 3 is 2.71 bits per heavy atom. The molecule has 114 valence electrons. The third-order valence-corrected chi connectivity index (χ3v) is 3.70. The second-order valence-electron chi connectivity index (χ2n) is 4.98. The third-order valence-electron chi connectivity index (χ3n) is 3.47. The predicted molar refractivity (Wildman–Crippen MR) is 79.6 cm³/mol. The van der Waals surface area contributed by atoms with Crippen LogP contribution in [-0.4, -0.2) is 25.6 Å². The van der Waals surface area contributed by atoms with Gasteiger partial charge in [0, 0.05) is 5.02 Å². The molecular formula is C15H18ClNO4. The van der Waals surface area contributed by atoms with E-state index in [9.17, 15) is 9.59 Å². The lowest BCUT2D eigenvalue weighted by Gasteiger charge is -2.12. The van der Waals surface area contributed by atoms with Gasteiger partial charge in [0.15, 0.2) is 6.61 Å². The van der Waals surface area contributed by atoms with Gasteiger partial charge >= 0.3 is 5.97 Å². The minimum absolute atomic E-state index is 0.0569. The highest BCUT2D eigenvalue weighted by Crippen LogP contribution is 2.28. The zero-order valence-electron chi connectivity index (χ0n) is 11.9. The van der Waals surface area contributed by atoms with Crippen molar-refractivity contribution in [1.29, 1.82) is 0 Å². The number of ether oxygens (including phenoxy) is 2. The normalized spacial score (nSPS) is 14.8. The van der Waals surface area contributed by atoms with Crippen molar-refractivity contribution in [3.8, 4) is 5.75 Å². The SMILES string of the molecule is COc1ccc(Cl)cc1NC(=O)COC(=O)C1CCCC1. The summed E-state index contributed by atoms with van der Waals surface area (Å²) in [6.07, 6.45) is 3.79. The van der Waals surface area contributed by atoms with Crippen LogP contribution in [0.25, 0.3) is 0 Å². The Labute approximate surface area is 128 Å². The number of esters is 1. The quantitative estimate of drug-likeness (QED) is 0.849. The number of carbonyl (C=O) groups excluding carboxylic acids is 2. The van der Waals surface area contributed by atoms with Gasteiger partial charge in [0.05, 0.1) is 18.7 Å². The fourth-order valence-electron chi connectivity index (χ4n) is 2.38. The minimum atomic E-state index is -0.415. The van der Waals surface area contributed by atoms with Gasteiger partial charge in [-0.3, -0.25) is 9.59 Å². The summed E-state index contributed by atoms with van der Waals surface area (Å²) in [5, 5.41) is 3.10. The van der Waals surface area contributed by atoms with E-state index in [0.29, 0.717) is 16.5 Å². The molecule has 6 heteroatoms. The molecule has 0 aromatic heterocycles. The van der Waals surface area contributed by atoms with Gasteiger partial charge in [-0.15, -0.1) is 0 Å². The van der Waals surface area contributed by atoms with Gasteiger partial charge in [-0.1, -0.05) is 24.4 Å². The number of carbonyl (C=O) groups is 2. The van der Waals surface area contributed by atoms with E-state index >= 15 is 0 Å². The number of anilines is 1. The van der Waals surface area contributed by atoms with Crippen LogP contribution >= 0.6 is 11.6 Å². The maximum atomic E-state index is 11.8. The number of rotatable bonds is 5. The van der Waals surface area contributed by atoms with Crippen LogP contribution in [0.15, 0.2) is 18.2 Å². The molecule has 0 atom stereocenters. The maximum Gasteiger partial charge on any atom is 0.309 e. The highest BCUT2D eigenvalue weighted by atomic mass is 35.5. The Morgan fingerprint density at radius 2 is 2.05 bits per heavy atom. The van der Waals surface area contributed by atoms with Crippen LogP contribution < -0.4 is 10.1 Å². The van der Waals surface area contributed by atoms with Crippen LogP contribution in [0.5, 0.6) is 5.75 Å². The summed E-state index contributed by atoms with van der Waals surface area (Å²) in [6.45, 7) is -0.301. The average molecular weight is 312 g/mol. The van der Waals surface area contributed by atoms with E-state index in [4.69, 9.17) is 21.1 Å². The van der Waals surface area contributed by atoms with Crippen molar-refractivity contribution in [3.63, 3.8) is 0 Å². The molecule has 5 nitrogen and oxygen atoms in total. The molecule has 0 aliphatic heterocycles. The summed E-state index contributed by atoms with van der Waals surface area (Å²) < 4.78 is 10.2. The number of amides is 1. The standard InChI is InChI=1S/C15H18ClNO4/c1-20-13-7-6-11(16)8-12(13)17-14(18)9-21-15(19)10-4-2-3-5-10/h6-8,10H,2-5,9H2,1H3,(H,17,18). The molecule has 0 spiro atoms. The maximum absolute atomic E-state index is 11.8. The molecule has 1 fully saturated rings. The van der Waals surface area contributed by atoms with Gasteiger partial charge in [0.1, 0.15) is 5.75 Å². The van der Waals surface area contributed by atoms with Gasteiger partial charge in [-0.05, 0) is 31.0 Å². The summed E-state index contributed by atoms with van der Waals surface area (Å²) in [7, 11) is 1.50. The van der Waals surface area contributed by atoms with Crippen LogP contribution in [0.4, 0.5) is 5.69 Å². The van der Waals surface area contributed by atoms with E-state index in [-0.39, 0.29) is 18.5 Å². The first kappa shape index (κ1) is 15.6. The van der Waals surface area contributed by atoms with Gasteiger partial charge in [-0.2, -0.15) is 0 Å². The number of hydrogen-bond acceptors (Lipinski definition) is 4. The lowest BCUT2D eigenvalue weighted by atomic mass is 10.1. The molecule has 0 radical (unpaired) electrons. The molecule has 1 aliphatic carbocycles. The predicted octanol–water partition coefficient (Wildman–Crippen LogP) is 3.02. The molecular weight excluding hydrogens is 294 g/mol. The van der Waals surface area contributed by atoms with E-state index in [2.05, 4.69) is 5.32 Å². The lowest BCUT2D eigenvalue weighted by Crippen LogP contribution is -2.24. The summed E-state index contributed by atoms with van der Waals surface area (Å²) in [6, 6.07) is 4.90. The molecule has 0 heterocycles. The topological polar surface area (TPSA) is 64.6 Å². The van der Waals surface area contributed by atoms with Crippen LogP contribution in [0.1, 0.15) is 25.7 Å². The molecule has 0 saturated heterocycles. The fourth-order valence-corrected chi connectivity index (χ4v) is 2.55. The van der Waals surface area contributed by atoms with Gasteiger partial charge < -0.3 is 14.8 Å². The summed E-state index contributed by atoms with van der Waals surface area (Å²) >= 11 is 5.88. The Bertz CT molecular complexity index is 526. The number of benzene rings is 1. The molecule has 1 aliphatic rings. The van der Waals surface area contributed by atoms with Crippen molar-refractivity contribution in [1.82, 2.24) is 0 Å². The zero-order chi connectivity index (χ0) is 15.2. The van der Waals surface area contributed by atoms with Crippen LogP contribution in [0.2, 0.25) is 5.02 Å². The van der Waals surface area contributed by atoms with Gasteiger partial charge in [0.25, 0.3) is 5.91 Å². The van der Waals surface area contributed by atoms with E-state index in [0.717, 1.165) is 25.7 Å². The number of halogens is 1. The van der Waals surface area contributed by atoms with Gasteiger partial charge in [0.2, 0.25) is 0 Å². The third kappa shape index (κ3) is 4.36. The summed E-state index contributed by atoms with van der Waals surface area (Å²) in [5.74, 6) is -0.268. The first-order valence-corrected chi connectivity index (χ1v) is 7.28. The molecule has 2 rings (SSSR count). The van der Waals surface area contributed by atoms with E-state index in [1.54, 1.807) is 18.2 Å². The molecule has 1 N–H and O–H groups in total. The van der Waals surface area contributed by atoms with Crippen molar-refractivity contribution in [3.05, 3.63) is 23.2 Å². The van der Waals surface area contributed by atoms with Crippen LogP contribution in [0.3, 0.4) is 0 Å². The monoisotopic (exact) mass is 311 g/mol. The highest BCUT2D eigenvalue weighted by molar-refractivity contribution is 6.31. The average Bonchev–Trinajstić information content (AvgIpc) is 2.99. The zero-order valence-corrected chi connectivity index (χ0v) is 12.6. The Morgan fingerprint density at radius 1 is 1.33 bits per heavy atom. The van der Waals surface area contributed by atoms with E-state index in [1.807, 2.05) is 0 Å². The van der Waals surface area contributed by atoms with Crippen molar-refractivity contribution < 1.29 is 19.1 Å². The smallest absolute Gasteiger partial charge is 0.309 e. The van der Waals surface area contributed by atoms with E-state index < -0.39 is 5.91 Å². The highest BCUT2D eigenvalue weighted by Gasteiger charge is 2.24. The first-order valence-electron chi connectivity index (χ1n) is 6.90. The molecule has 0 unspecified atom stereocenters. The fraction of sp³-hybridized carbons (Fsp3) is 0.467. The van der Waals surface area contributed by atoms with Gasteiger partial charge in [-0.25, -0.2) is 0 Å². The minimum Gasteiger partial charge on any atom is -0.495 e. The van der Waals surface area contributed by atoms with Crippen LogP contribution in [0, 0.1) is 5.92 Å². The summed E-state index contributed by atoms with van der Waals surface area (Å²) in [4.78, 5) is 23.6. The molecule has 1 aromatic carbocycles. The molecule has 1 amide bonds. The van der Waals surface area contributed by atoms with E-state index in [1.165, 1.54) is 7.11 Å². The second kappa shape index (κ2) is 7.31. The first-order chi connectivity index (χ1) is 10.1. The van der Waals surface area contributed by atoms with Crippen molar-refractivity contribution in [2.75, 3.05) is 19.0 Å². The molecule has 1 aromatic rings.